The maximum absolute atomic E-state index is 11.3. The van der Waals surface area contributed by atoms with E-state index in [2.05, 4.69) is 20.8 Å². The summed E-state index contributed by atoms with van der Waals surface area (Å²) in [4.78, 5) is 11.3. The Labute approximate surface area is 92.8 Å². The van der Waals surface area contributed by atoms with Crippen molar-refractivity contribution in [3.63, 3.8) is 0 Å². The number of rotatable bonds is 7. The Morgan fingerprint density at radius 3 is 2.40 bits per heavy atom. The Balaban J connectivity index is 3.34. The lowest BCUT2D eigenvalue weighted by Gasteiger charge is -2.16. The third kappa shape index (κ3) is 11.4. The van der Waals surface area contributed by atoms with Crippen LogP contribution in [0.1, 0.15) is 52.9 Å². The van der Waals surface area contributed by atoms with Gasteiger partial charge < -0.3 is 9.84 Å². The fourth-order valence-corrected chi connectivity index (χ4v) is 1.13. The third-order valence-corrected chi connectivity index (χ3v) is 2.14. The van der Waals surface area contributed by atoms with Gasteiger partial charge in [0.15, 0.2) is 0 Å². The highest BCUT2D eigenvalue weighted by Gasteiger charge is 2.13. The van der Waals surface area contributed by atoms with Gasteiger partial charge in [-0.1, -0.05) is 20.8 Å². The Bertz CT molecular complexity index is 170. The molecule has 0 fully saturated rings. The molecule has 0 saturated heterocycles. The van der Waals surface area contributed by atoms with E-state index in [1.54, 1.807) is 0 Å². The minimum atomic E-state index is -0.103. The standard InChI is InChI=1S/C12H24O3/c1-12(2,3)8-7-11(14)15-10-6-4-5-9-13/h13H,4-10H2,1-3H3. The quantitative estimate of drug-likeness (QED) is 0.525. The van der Waals surface area contributed by atoms with E-state index in [0.717, 1.165) is 25.7 Å². The van der Waals surface area contributed by atoms with Gasteiger partial charge in [0.25, 0.3) is 0 Å². The molecular formula is C12H24O3. The Kier molecular flexibility index (Phi) is 7.39. The summed E-state index contributed by atoms with van der Waals surface area (Å²) >= 11 is 0. The summed E-state index contributed by atoms with van der Waals surface area (Å²) < 4.78 is 5.06. The molecular weight excluding hydrogens is 192 g/mol. The highest BCUT2D eigenvalue weighted by atomic mass is 16.5. The van der Waals surface area contributed by atoms with E-state index < -0.39 is 0 Å². The van der Waals surface area contributed by atoms with E-state index >= 15 is 0 Å². The maximum atomic E-state index is 11.3. The summed E-state index contributed by atoms with van der Waals surface area (Å²) in [6.07, 6.45) is 3.93. The molecule has 0 rings (SSSR count). The van der Waals surface area contributed by atoms with Gasteiger partial charge in [0, 0.05) is 13.0 Å². The van der Waals surface area contributed by atoms with Crippen LogP contribution in [-0.4, -0.2) is 24.3 Å². The normalized spacial score (nSPS) is 11.5. The second-order valence-corrected chi connectivity index (χ2v) is 5.07. The average molecular weight is 216 g/mol. The molecule has 0 aromatic rings. The van der Waals surface area contributed by atoms with Crippen LogP contribution in [0, 0.1) is 5.41 Å². The number of carbonyl (C=O) groups excluding carboxylic acids is 1. The lowest BCUT2D eigenvalue weighted by molar-refractivity contribution is -0.144. The first-order chi connectivity index (χ1) is 6.95. The van der Waals surface area contributed by atoms with Crippen molar-refractivity contribution in [3.05, 3.63) is 0 Å². The number of carbonyl (C=O) groups is 1. The van der Waals surface area contributed by atoms with Crippen molar-refractivity contribution in [2.24, 2.45) is 5.41 Å². The monoisotopic (exact) mass is 216 g/mol. The molecule has 0 aromatic carbocycles. The van der Waals surface area contributed by atoms with Crippen LogP contribution in [0.3, 0.4) is 0 Å². The van der Waals surface area contributed by atoms with Gasteiger partial charge in [0.05, 0.1) is 6.61 Å². The minimum absolute atomic E-state index is 0.103. The fraction of sp³-hybridized carbons (Fsp3) is 0.917. The number of aliphatic hydroxyl groups excluding tert-OH is 1. The summed E-state index contributed by atoms with van der Waals surface area (Å²) in [5, 5.41) is 8.54. The molecule has 90 valence electrons. The van der Waals surface area contributed by atoms with Crippen molar-refractivity contribution in [2.75, 3.05) is 13.2 Å². The average Bonchev–Trinajstić information content (AvgIpc) is 2.13. The number of unbranched alkanes of at least 4 members (excludes halogenated alkanes) is 2. The van der Waals surface area contributed by atoms with Gasteiger partial charge in [-0.3, -0.25) is 4.79 Å². The fourth-order valence-electron chi connectivity index (χ4n) is 1.13. The summed E-state index contributed by atoms with van der Waals surface area (Å²) in [5.74, 6) is -0.103. The van der Waals surface area contributed by atoms with Crippen molar-refractivity contribution in [1.29, 1.82) is 0 Å². The molecule has 3 nitrogen and oxygen atoms in total. The Hall–Kier alpha value is -0.570. The van der Waals surface area contributed by atoms with Gasteiger partial charge >= 0.3 is 5.97 Å². The molecule has 3 heteroatoms. The Morgan fingerprint density at radius 1 is 1.20 bits per heavy atom. The topological polar surface area (TPSA) is 46.5 Å². The zero-order valence-corrected chi connectivity index (χ0v) is 10.2. The number of esters is 1. The summed E-state index contributed by atoms with van der Waals surface area (Å²) in [6.45, 7) is 7.05. The summed E-state index contributed by atoms with van der Waals surface area (Å²) in [7, 11) is 0. The molecule has 0 heterocycles. The second-order valence-electron chi connectivity index (χ2n) is 5.07. The minimum Gasteiger partial charge on any atom is -0.466 e. The lowest BCUT2D eigenvalue weighted by atomic mass is 9.91. The van der Waals surface area contributed by atoms with Crippen LogP contribution in [0.15, 0.2) is 0 Å². The number of ether oxygens (including phenoxy) is 1. The molecule has 0 unspecified atom stereocenters. The predicted molar refractivity (Wildman–Crippen MR) is 60.6 cm³/mol. The maximum Gasteiger partial charge on any atom is 0.305 e. The molecule has 0 aliphatic heterocycles. The molecule has 0 bridgehead atoms. The predicted octanol–water partition coefficient (Wildman–Crippen LogP) is 2.52. The highest BCUT2D eigenvalue weighted by molar-refractivity contribution is 5.69. The van der Waals surface area contributed by atoms with E-state index in [0.29, 0.717) is 13.0 Å². The number of hydrogen-bond acceptors (Lipinski definition) is 3. The van der Waals surface area contributed by atoms with Gasteiger partial charge in [0.1, 0.15) is 0 Å². The highest BCUT2D eigenvalue weighted by Crippen LogP contribution is 2.20. The molecule has 15 heavy (non-hydrogen) atoms. The van der Waals surface area contributed by atoms with E-state index in [1.807, 2.05) is 0 Å². The van der Waals surface area contributed by atoms with Crippen LogP contribution < -0.4 is 0 Å². The van der Waals surface area contributed by atoms with Gasteiger partial charge in [-0.2, -0.15) is 0 Å². The first-order valence-electron chi connectivity index (χ1n) is 5.72. The van der Waals surface area contributed by atoms with Gasteiger partial charge in [-0.25, -0.2) is 0 Å². The number of hydrogen-bond donors (Lipinski definition) is 1. The van der Waals surface area contributed by atoms with Crippen LogP contribution in [0.2, 0.25) is 0 Å². The van der Waals surface area contributed by atoms with Crippen molar-refractivity contribution < 1.29 is 14.6 Å². The summed E-state index contributed by atoms with van der Waals surface area (Å²) in [6, 6.07) is 0. The van der Waals surface area contributed by atoms with Crippen molar-refractivity contribution in [3.8, 4) is 0 Å². The van der Waals surface area contributed by atoms with Crippen LogP contribution >= 0.6 is 0 Å². The lowest BCUT2D eigenvalue weighted by Crippen LogP contribution is -2.11. The molecule has 0 aliphatic carbocycles. The Morgan fingerprint density at radius 2 is 1.87 bits per heavy atom. The van der Waals surface area contributed by atoms with Crippen LogP contribution in [-0.2, 0) is 9.53 Å². The van der Waals surface area contributed by atoms with Gasteiger partial charge in [-0.15, -0.1) is 0 Å². The zero-order valence-electron chi connectivity index (χ0n) is 10.2. The first kappa shape index (κ1) is 14.4. The van der Waals surface area contributed by atoms with Crippen molar-refractivity contribution >= 4 is 5.97 Å². The van der Waals surface area contributed by atoms with Crippen molar-refractivity contribution in [2.45, 2.75) is 52.9 Å². The first-order valence-corrected chi connectivity index (χ1v) is 5.72. The van der Waals surface area contributed by atoms with E-state index in [1.165, 1.54) is 0 Å². The molecule has 0 spiro atoms. The number of aliphatic hydroxyl groups is 1. The molecule has 0 aromatic heterocycles. The SMILES string of the molecule is CC(C)(C)CCC(=O)OCCCCCO. The molecule has 0 amide bonds. The van der Waals surface area contributed by atoms with Crippen LogP contribution in [0.25, 0.3) is 0 Å². The molecule has 0 atom stereocenters. The molecule has 1 N–H and O–H groups in total. The van der Waals surface area contributed by atoms with Gasteiger partial charge in [-0.05, 0) is 31.1 Å². The van der Waals surface area contributed by atoms with E-state index in [4.69, 9.17) is 9.84 Å². The van der Waals surface area contributed by atoms with Gasteiger partial charge in [0.2, 0.25) is 0 Å². The van der Waals surface area contributed by atoms with Crippen molar-refractivity contribution in [1.82, 2.24) is 0 Å². The molecule has 0 radical (unpaired) electrons. The smallest absolute Gasteiger partial charge is 0.305 e. The van der Waals surface area contributed by atoms with E-state index in [9.17, 15) is 4.79 Å². The van der Waals surface area contributed by atoms with Crippen LogP contribution in [0.5, 0.6) is 0 Å². The summed E-state index contributed by atoms with van der Waals surface area (Å²) in [5.41, 5.74) is 0.190. The van der Waals surface area contributed by atoms with Crippen LogP contribution in [0.4, 0.5) is 0 Å². The molecule has 0 saturated carbocycles. The molecule has 0 aliphatic rings. The zero-order chi connectivity index (χ0) is 11.7. The third-order valence-electron chi connectivity index (χ3n) is 2.14. The van der Waals surface area contributed by atoms with E-state index in [-0.39, 0.29) is 18.0 Å². The largest absolute Gasteiger partial charge is 0.466 e. The second kappa shape index (κ2) is 7.69.